The SMILES string of the molecule is CC(C)C[C@@H](C(=O)N1CCN(C)CC1)N1C(=O)CS[C@H]1c1ccco1. The third kappa shape index (κ3) is 4.03. The Kier molecular flexibility index (Phi) is 5.74. The van der Waals surface area contributed by atoms with Crippen LogP contribution in [0.15, 0.2) is 22.8 Å². The van der Waals surface area contributed by atoms with E-state index in [1.54, 1.807) is 11.2 Å². The van der Waals surface area contributed by atoms with Gasteiger partial charge in [-0.05, 0) is 31.5 Å². The lowest BCUT2D eigenvalue weighted by atomic mass is 10.00. The van der Waals surface area contributed by atoms with Crippen LogP contribution in [-0.2, 0) is 9.59 Å². The van der Waals surface area contributed by atoms with Gasteiger partial charge in [0.15, 0.2) is 0 Å². The highest BCUT2D eigenvalue weighted by atomic mass is 32.2. The van der Waals surface area contributed by atoms with E-state index in [1.807, 2.05) is 17.0 Å². The number of hydrogen-bond acceptors (Lipinski definition) is 5. The highest BCUT2D eigenvalue weighted by Gasteiger charge is 2.43. The Morgan fingerprint density at radius 1 is 1.32 bits per heavy atom. The summed E-state index contributed by atoms with van der Waals surface area (Å²) in [5.74, 6) is 1.58. The first-order valence-electron chi connectivity index (χ1n) is 8.91. The zero-order valence-corrected chi connectivity index (χ0v) is 16.0. The van der Waals surface area contributed by atoms with Crippen LogP contribution in [0.4, 0.5) is 0 Å². The van der Waals surface area contributed by atoms with Crippen molar-refractivity contribution in [3.05, 3.63) is 24.2 Å². The summed E-state index contributed by atoms with van der Waals surface area (Å²) < 4.78 is 5.54. The number of furan rings is 1. The quantitative estimate of drug-likeness (QED) is 0.799. The normalized spacial score (nSPS) is 23.5. The number of thioether (sulfide) groups is 1. The molecular weight excluding hydrogens is 338 g/mol. The van der Waals surface area contributed by atoms with Crippen LogP contribution in [0.3, 0.4) is 0 Å². The standard InChI is InChI=1S/C18H27N3O3S/c1-13(2)11-14(17(23)20-8-6-19(3)7-9-20)21-16(22)12-25-18(21)15-5-4-10-24-15/h4-5,10,13-14,18H,6-9,11-12H2,1-3H3/t14-,18-/m0/s1. The summed E-state index contributed by atoms with van der Waals surface area (Å²) in [4.78, 5) is 31.8. The number of carbonyl (C=O) groups excluding carboxylic acids is 2. The van der Waals surface area contributed by atoms with Crippen molar-refractivity contribution >= 4 is 23.6 Å². The minimum Gasteiger partial charge on any atom is -0.466 e. The van der Waals surface area contributed by atoms with E-state index in [-0.39, 0.29) is 17.2 Å². The van der Waals surface area contributed by atoms with Crippen molar-refractivity contribution in [2.75, 3.05) is 39.0 Å². The molecule has 0 aliphatic carbocycles. The van der Waals surface area contributed by atoms with Gasteiger partial charge in [0.25, 0.3) is 0 Å². The maximum Gasteiger partial charge on any atom is 0.245 e. The molecule has 0 unspecified atom stereocenters. The van der Waals surface area contributed by atoms with E-state index in [0.29, 0.717) is 18.1 Å². The van der Waals surface area contributed by atoms with E-state index in [1.165, 1.54) is 11.8 Å². The van der Waals surface area contributed by atoms with Crippen molar-refractivity contribution in [2.45, 2.75) is 31.7 Å². The van der Waals surface area contributed by atoms with Crippen LogP contribution in [0, 0.1) is 5.92 Å². The van der Waals surface area contributed by atoms with E-state index in [9.17, 15) is 9.59 Å². The Balaban J connectivity index is 1.83. The molecule has 0 spiro atoms. The van der Waals surface area contributed by atoms with Gasteiger partial charge in [-0.15, -0.1) is 11.8 Å². The maximum atomic E-state index is 13.3. The molecule has 6 nitrogen and oxygen atoms in total. The van der Waals surface area contributed by atoms with E-state index in [4.69, 9.17) is 4.42 Å². The molecule has 3 rings (SSSR count). The van der Waals surface area contributed by atoms with Gasteiger partial charge < -0.3 is 19.1 Å². The third-order valence-corrected chi connectivity index (χ3v) is 6.01. The molecule has 1 aromatic heterocycles. The molecule has 2 aliphatic heterocycles. The van der Waals surface area contributed by atoms with Crippen molar-refractivity contribution in [3.8, 4) is 0 Å². The van der Waals surface area contributed by atoms with Gasteiger partial charge in [0.2, 0.25) is 11.8 Å². The third-order valence-electron chi connectivity index (χ3n) is 4.82. The maximum absolute atomic E-state index is 13.3. The Bertz CT molecular complexity index is 597. The molecule has 3 heterocycles. The van der Waals surface area contributed by atoms with Crippen LogP contribution in [-0.4, -0.2) is 71.5 Å². The zero-order chi connectivity index (χ0) is 18.0. The average Bonchev–Trinajstić information content (AvgIpc) is 3.22. The average molecular weight is 365 g/mol. The second kappa shape index (κ2) is 7.83. The molecule has 0 saturated carbocycles. The fraction of sp³-hybridized carbons (Fsp3) is 0.667. The molecule has 2 fully saturated rings. The number of hydrogen-bond donors (Lipinski definition) is 0. The summed E-state index contributed by atoms with van der Waals surface area (Å²) >= 11 is 1.54. The molecule has 2 aliphatic rings. The molecular formula is C18H27N3O3S. The van der Waals surface area contributed by atoms with Crippen LogP contribution in [0.5, 0.6) is 0 Å². The van der Waals surface area contributed by atoms with Gasteiger partial charge in [-0.1, -0.05) is 13.8 Å². The van der Waals surface area contributed by atoms with Gasteiger partial charge >= 0.3 is 0 Å². The van der Waals surface area contributed by atoms with Crippen LogP contribution in [0.25, 0.3) is 0 Å². The van der Waals surface area contributed by atoms with Crippen LogP contribution in [0.1, 0.15) is 31.4 Å². The molecule has 2 atom stereocenters. The summed E-state index contributed by atoms with van der Waals surface area (Å²) in [6, 6.07) is 3.30. The smallest absolute Gasteiger partial charge is 0.245 e. The first-order valence-corrected chi connectivity index (χ1v) is 9.95. The predicted molar refractivity (Wildman–Crippen MR) is 98.1 cm³/mol. The number of amides is 2. The number of likely N-dealkylation sites (N-methyl/N-ethyl adjacent to an activating group) is 1. The highest BCUT2D eigenvalue weighted by Crippen LogP contribution is 2.41. The Labute approximate surface area is 153 Å². The first kappa shape index (κ1) is 18.3. The fourth-order valence-electron chi connectivity index (χ4n) is 3.44. The molecule has 0 bridgehead atoms. The van der Waals surface area contributed by atoms with Crippen LogP contribution in [0.2, 0.25) is 0 Å². The monoisotopic (exact) mass is 365 g/mol. The van der Waals surface area contributed by atoms with Crippen molar-refractivity contribution in [2.24, 2.45) is 5.92 Å². The Morgan fingerprint density at radius 2 is 2.04 bits per heavy atom. The van der Waals surface area contributed by atoms with Gasteiger partial charge in [-0.2, -0.15) is 0 Å². The van der Waals surface area contributed by atoms with Gasteiger partial charge in [-0.3, -0.25) is 9.59 Å². The first-order chi connectivity index (χ1) is 12.0. The van der Waals surface area contributed by atoms with E-state index < -0.39 is 6.04 Å². The Hall–Kier alpha value is -1.47. The van der Waals surface area contributed by atoms with E-state index in [2.05, 4.69) is 25.8 Å². The minimum absolute atomic E-state index is 0.0273. The van der Waals surface area contributed by atoms with Crippen molar-refractivity contribution in [3.63, 3.8) is 0 Å². The van der Waals surface area contributed by atoms with Gasteiger partial charge in [0.05, 0.1) is 12.0 Å². The lowest BCUT2D eigenvalue weighted by Crippen LogP contribution is -2.55. The molecule has 138 valence electrons. The molecule has 0 radical (unpaired) electrons. The summed E-state index contributed by atoms with van der Waals surface area (Å²) in [6.07, 6.45) is 2.30. The molecule has 2 amide bonds. The van der Waals surface area contributed by atoms with Crippen LogP contribution >= 0.6 is 11.8 Å². The second-order valence-corrected chi connectivity index (χ2v) is 8.32. The van der Waals surface area contributed by atoms with E-state index >= 15 is 0 Å². The van der Waals surface area contributed by atoms with Crippen molar-refractivity contribution < 1.29 is 14.0 Å². The highest BCUT2D eigenvalue weighted by molar-refractivity contribution is 8.00. The van der Waals surface area contributed by atoms with E-state index in [0.717, 1.165) is 31.9 Å². The van der Waals surface area contributed by atoms with Crippen LogP contribution < -0.4 is 0 Å². The number of nitrogens with zero attached hydrogens (tertiary/aromatic N) is 3. The van der Waals surface area contributed by atoms with Crippen molar-refractivity contribution in [1.82, 2.24) is 14.7 Å². The number of carbonyl (C=O) groups is 2. The summed E-state index contributed by atoms with van der Waals surface area (Å²) in [5, 5.41) is -0.206. The van der Waals surface area contributed by atoms with Gasteiger partial charge in [0.1, 0.15) is 17.2 Å². The summed E-state index contributed by atoms with van der Waals surface area (Å²) in [6.45, 7) is 7.41. The molecule has 1 aromatic rings. The van der Waals surface area contributed by atoms with Gasteiger partial charge in [-0.25, -0.2) is 0 Å². The number of piperazine rings is 1. The molecule has 0 aromatic carbocycles. The summed E-state index contributed by atoms with van der Waals surface area (Å²) in [7, 11) is 2.07. The largest absolute Gasteiger partial charge is 0.466 e. The second-order valence-electron chi connectivity index (χ2n) is 7.25. The topological polar surface area (TPSA) is 57.0 Å². The predicted octanol–water partition coefficient (Wildman–Crippen LogP) is 2.04. The molecule has 7 heteroatoms. The zero-order valence-electron chi connectivity index (χ0n) is 15.2. The minimum atomic E-state index is -0.416. The molecule has 0 N–H and O–H groups in total. The summed E-state index contributed by atoms with van der Waals surface area (Å²) in [5.41, 5.74) is 0. The lowest BCUT2D eigenvalue weighted by Gasteiger charge is -2.38. The van der Waals surface area contributed by atoms with Crippen molar-refractivity contribution in [1.29, 1.82) is 0 Å². The lowest BCUT2D eigenvalue weighted by molar-refractivity contribution is -0.146. The molecule has 2 saturated heterocycles. The molecule has 25 heavy (non-hydrogen) atoms. The fourth-order valence-corrected chi connectivity index (χ4v) is 4.61. The number of rotatable bonds is 5. The Morgan fingerprint density at radius 3 is 2.64 bits per heavy atom. The van der Waals surface area contributed by atoms with Gasteiger partial charge in [0, 0.05) is 26.2 Å².